The van der Waals surface area contributed by atoms with Crippen molar-refractivity contribution < 1.29 is 9.59 Å². The van der Waals surface area contributed by atoms with Crippen LogP contribution in [-0.4, -0.2) is 35.4 Å². The van der Waals surface area contributed by atoms with E-state index in [0.717, 1.165) is 0 Å². The fraction of sp³-hybridized carbons (Fsp3) is 1.00. The fourth-order valence-electron chi connectivity index (χ4n) is 0. The van der Waals surface area contributed by atoms with Crippen molar-refractivity contribution in [1.82, 2.24) is 0 Å². The summed E-state index contributed by atoms with van der Waals surface area (Å²) < 4.78 is -1.57. The number of hydrogen-bond acceptors (Lipinski definition) is 1. The molecule has 0 atom stereocenters. The van der Waals surface area contributed by atoms with Crippen molar-refractivity contribution in [1.29, 1.82) is 0 Å². The van der Waals surface area contributed by atoms with Crippen LogP contribution in [0.4, 0.5) is 0 Å². The maximum Gasteiger partial charge on any atom is 0.362 e. The van der Waals surface area contributed by atoms with Crippen LogP contribution < -0.4 is 0 Å². The van der Waals surface area contributed by atoms with E-state index in [1.54, 1.807) is 21.1 Å². The quantitative estimate of drug-likeness (QED) is 0.259. The topological polar surface area (TPSA) is 20.2 Å². The molecule has 50 valence electrons. The minimum Gasteiger partial charge on any atom is -0.316 e. The molecule has 0 radical (unpaired) electrons. The van der Waals surface area contributed by atoms with Crippen molar-refractivity contribution >= 4 is 23.2 Å². The van der Waals surface area contributed by atoms with Crippen molar-refractivity contribution in [3.8, 4) is 0 Å². The van der Waals surface area contributed by atoms with E-state index >= 15 is 0 Å². The average molecular weight is 159 g/mol. The number of quaternary nitrogens is 1. The molecule has 0 bridgehead atoms. The van der Waals surface area contributed by atoms with Gasteiger partial charge in [0.25, 0.3) is 0 Å². The SMILES string of the molecule is C[N+](C)(C)C(O)(Cl)Cl. The molecule has 0 spiro atoms. The molecule has 0 aliphatic rings. The predicted octanol–water partition coefficient (Wildman–Crippen LogP) is 0.774. The third kappa shape index (κ3) is 2.18. The first-order chi connectivity index (χ1) is 3.25. The summed E-state index contributed by atoms with van der Waals surface area (Å²) in [4.78, 5) is 0. The van der Waals surface area contributed by atoms with Gasteiger partial charge in [-0.2, -0.15) is 0 Å². The highest BCUT2D eigenvalue weighted by atomic mass is 35.5. The Kier molecular flexibility index (Phi) is 2.15. The molecule has 0 saturated heterocycles. The summed E-state index contributed by atoms with van der Waals surface area (Å²) in [6.07, 6.45) is 0. The highest BCUT2D eigenvalue weighted by molar-refractivity contribution is 6.45. The molecule has 0 saturated carbocycles. The van der Waals surface area contributed by atoms with Gasteiger partial charge < -0.3 is 5.11 Å². The molecule has 0 unspecified atom stereocenters. The third-order valence-corrected chi connectivity index (χ3v) is 1.82. The van der Waals surface area contributed by atoms with Gasteiger partial charge in [0, 0.05) is 0 Å². The van der Waals surface area contributed by atoms with E-state index in [-0.39, 0.29) is 4.48 Å². The second-order valence-corrected chi connectivity index (χ2v) is 3.77. The molecule has 0 heterocycles. The Labute approximate surface area is 59.2 Å². The molecule has 8 heavy (non-hydrogen) atoms. The summed E-state index contributed by atoms with van der Waals surface area (Å²) in [5, 5.41) is 8.86. The highest BCUT2D eigenvalue weighted by Gasteiger charge is 2.35. The van der Waals surface area contributed by atoms with Crippen LogP contribution in [0.1, 0.15) is 0 Å². The van der Waals surface area contributed by atoms with E-state index in [9.17, 15) is 0 Å². The van der Waals surface area contributed by atoms with Gasteiger partial charge >= 0.3 is 4.64 Å². The van der Waals surface area contributed by atoms with Gasteiger partial charge in [0.2, 0.25) is 0 Å². The van der Waals surface area contributed by atoms with Gasteiger partial charge in [0.1, 0.15) is 0 Å². The molecular formula is C4H10Cl2NO+. The Morgan fingerprint density at radius 2 is 1.38 bits per heavy atom. The minimum absolute atomic E-state index is 0.107. The molecule has 1 N–H and O–H groups in total. The smallest absolute Gasteiger partial charge is 0.316 e. The first-order valence-electron chi connectivity index (χ1n) is 2.17. The Hall–Kier alpha value is 0.500. The van der Waals surface area contributed by atoms with Gasteiger partial charge in [-0.3, -0.25) is 4.48 Å². The maximum absolute atomic E-state index is 8.86. The first kappa shape index (κ1) is 8.50. The van der Waals surface area contributed by atoms with E-state index in [2.05, 4.69) is 0 Å². The monoisotopic (exact) mass is 158 g/mol. The number of rotatable bonds is 1. The van der Waals surface area contributed by atoms with E-state index in [1.165, 1.54) is 0 Å². The van der Waals surface area contributed by atoms with Gasteiger partial charge in [-0.1, -0.05) is 0 Å². The normalized spacial score (nSPS) is 14.2. The molecule has 0 fully saturated rings. The predicted molar refractivity (Wildman–Crippen MR) is 34.7 cm³/mol. The third-order valence-electron chi connectivity index (χ3n) is 0.807. The fourth-order valence-corrected chi connectivity index (χ4v) is 0. The molecule has 0 aliphatic carbocycles. The summed E-state index contributed by atoms with van der Waals surface area (Å²) >= 11 is 10.6. The van der Waals surface area contributed by atoms with Gasteiger partial charge in [-0.15, -0.1) is 0 Å². The summed E-state index contributed by atoms with van der Waals surface area (Å²) in [7, 11) is 5.08. The Bertz CT molecular complexity index is 69.0. The number of nitrogens with zero attached hydrogens (tertiary/aromatic N) is 1. The highest BCUT2D eigenvalue weighted by Crippen LogP contribution is 2.24. The van der Waals surface area contributed by atoms with E-state index in [4.69, 9.17) is 28.3 Å². The van der Waals surface area contributed by atoms with Crippen molar-refractivity contribution in [3.63, 3.8) is 0 Å². The standard InChI is InChI=1S/C4H10Cl2NO/c1-7(2,3)4(5,6)8/h8H,1-3H3/q+1. The van der Waals surface area contributed by atoms with Crippen molar-refractivity contribution in [2.24, 2.45) is 0 Å². The van der Waals surface area contributed by atoms with Crippen molar-refractivity contribution in [2.45, 2.75) is 4.64 Å². The lowest BCUT2D eigenvalue weighted by Gasteiger charge is -2.31. The molecule has 0 rings (SSSR count). The minimum atomic E-state index is -1.68. The lowest BCUT2D eigenvalue weighted by atomic mass is 10.7. The zero-order valence-electron chi connectivity index (χ0n) is 5.15. The van der Waals surface area contributed by atoms with E-state index < -0.39 is 4.64 Å². The average Bonchev–Trinajstić information content (AvgIpc) is 1.25. The number of alkyl halides is 2. The maximum atomic E-state index is 8.86. The van der Waals surface area contributed by atoms with Crippen LogP contribution in [0, 0.1) is 0 Å². The van der Waals surface area contributed by atoms with Crippen LogP contribution >= 0.6 is 23.2 Å². The van der Waals surface area contributed by atoms with Crippen LogP contribution in [0.15, 0.2) is 0 Å². The second-order valence-electron chi connectivity index (χ2n) is 2.52. The first-order valence-corrected chi connectivity index (χ1v) is 2.92. The molecule has 2 nitrogen and oxygen atoms in total. The van der Waals surface area contributed by atoms with E-state index in [0.29, 0.717) is 0 Å². The summed E-state index contributed by atoms with van der Waals surface area (Å²) in [6.45, 7) is 0. The number of hydrogen-bond donors (Lipinski definition) is 1. The van der Waals surface area contributed by atoms with Gasteiger partial charge in [-0.05, 0) is 23.2 Å². The molecule has 0 aromatic heterocycles. The molecule has 4 heteroatoms. The Balaban J connectivity index is 4.02. The molecule has 0 aliphatic heterocycles. The molecular weight excluding hydrogens is 149 g/mol. The second kappa shape index (κ2) is 2.03. The summed E-state index contributed by atoms with van der Waals surface area (Å²) in [6, 6.07) is 0. The van der Waals surface area contributed by atoms with Gasteiger partial charge in [0.05, 0.1) is 21.1 Å². The van der Waals surface area contributed by atoms with Crippen LogP contribution in [0.2, 0.25) is 0 Å². The summed E-state index contributed by atoms with van der Waals surface area (Å²) in [5.74, 6) is 0. The number of halogens is 2. The lowest BCUT2D eigenvalue weighted by molar-refractivity contribution is -0.916. The molecule has 0 aromatic rings. The zero-order valence-corrected chi connectivity index (χ0v) is 6.66. The largest absolute Gasteiger partial charge is 0.362 e. The van der Waals surface area contributed by atoms with Gasteiger partial charge in [0.15, 0.2) is 0 Å². The zero-order chi connectivity index (χ0) is 7.00. The Morgan fingerprint density at radius 3 is 1.38 bits per heavy atom. The lowest BCUT2D eigenvalue weighted by Crippen LogP contribution is -2.49. The van der Waals surface area contributed by atoms with Crippen molar-refractivity contribution in [2.75, 3.05) is 21.1 Å². The van der Waals surface area contributed by atoms with Crippen molar-refractivity contribution in [3.05, 3.63) is 0 Å². The molecule has 0 aromatic carbocycles. The van der Waals surface area contributed by atoms with Crippen LogP contribution in [0.3, 0.4) is 0 Å². The summed E-state index contributed by atoms with van der Waals surface area (Å²) in [5.41, 5.74) is 0. The molecule has 0 amide bonds. The Morgan fingerprint density at radius 1 is 1.25 bits per heavy atom. The van der Waals surface area contributed by atoms with Crippen LogP contribution in [0.25, 0.3) is 0 Å². The van der Waals surface area contributed by atoms with E-state index in [1.807, 2.05) is 0 Å². The van der Waals surface area contributed by atoms with Crippen LogP contribution in [0.5, 0.6) is 0 Å². The van der Waals surface area contributed by atoms with Crippen LogP contribution in [-0.2, 0) is 0 Å². The number of aliphatic hydroxyl groups is 1. The van der Waals surface area contributed by atoms with Gasteiger partial charge in [-0.25, -0.2) is 0 Å².